The first-order valence-corrected chi connectivity index (χ1v) is 5.67. The van der Waals surface area contributed by atoms with Crippen LogP contribution < -0.4 is 5.73 Å². The minimum absolute atomic E-state index is 0.122. The maximum absolute atomic E-state index is 12.5. The van der Waals surface area contributed by atoms with E-state index >= 15 is 0 Å². The third kappa shape index (κ3) is 2.12. The van der Waals surface area contributed by atoms with Gasteiger partial charge in [0.2, 0.25) is 4.96 Å². The van der Waals surface area contributed by atoms with Crippen LogP contribution in [0.3, 0.4) is 0 Å². The van der Waals surface area contributed by atoms with Crippen molar-refractivity contribution in [1.29, 1.82) is 0 Å². The Kier molecular flexibility index (Phi) is 2.82. The molecule has 0 bridgehead atoms. The van der Waals surface area contributed by atoms with Gasteiger partial charge in [0.15, 0.2) is 0 Å². The fourth-order valence-corrected chi connectivity index (χ4v) is 2.22. The van der Waals surface area contributed by atoms with E-state index in [-0.39, 0.29) is 16.9 Å². The smallest absolute Gasteiger partial charge is 0.327 e. The predicted octanol–water partition coefficient (Wildman–Crippen LogP) is 1.66. The summed E-state index contributed by atoms with van der Waals surface area (Å²) in [6, 6.07) is -0.187. The maximum Gasteiger partial charge on any atom is 0.453 e. The number of aromatic nitrogens is 4. The summed E-state index contributed by atoms with van der Waals surface area (Å²) < 4.78 is 38.3. The van der Waals surface area contributed by atoms with Crippen molar-refractivity contribution in [2.75, 3.05) is 0 Å². The zero-order chi connectivity index (χ0) is 12.8. The van der Waals surface area contributed by atoms with Gasteiger partial charge in [-0.25, -0.2) is 0 Å². The van der Waals surface area contributed by atoms with Crippen molar-refractivity contribution in [3.8, 4) is 0 Å². The van der Waals surface area contributed by atoms with Gasteiger partial charge in [-0.1, -0.05) is 18.3 Å². The Bertz CT molecular complexity index is 529. The minimum Gasteiger partial charge on any atom is -0.327 e. The van der Waals surface area contributed by atoms with Crippen molar-refractivity contribution in [2.45, 2.75) is 32.0 Å². The van der Waals surface area contributed by atoms with Crippen LogP contribution in [-0.2, 0) is 6.18 Å². The van der Waals surface area contributed by atoms with Gasteiger partial charge in [-0.2, -0.15) is 22.8 Å². The second-order valence-corrected chi connectivity index (χ2v) is 4.79. The Labute approximate surface area is 98.4 Å². The van der Waals surface area contributed by atoms with E-state index in [0.29, 0.717) is 5.01 Å². The van der Waals surface area contributed by atoms with E-state index in [1.165, 1.54) is 0 Å². The Balaban J connectivity index is 2.49. The monoisotopic (exact) mass is 265 g/mol. The SMILES string of the molecule is CC(N)C(C)c1nn2c(C(F)(F)F)nnc2s1. The lowest BCUT2D eigenvalue weighted by molar-refractivity contribution is -0.146. The Morgan fingerprint density at radius 1 is 1.29 bits per heavy atom. The summed E-state index contributed by atoms with van der Waals surface area (Å²) in [6.07, 6.45) is -4.55. The van der Waals surface area contributed by atoms with Gasteiger partial charge >= 0.3 is 6.18 Å². The van der Waals surface area contributed by atoms with E-state index in [4.69, 9.17) is 5.73 Å². The highest BCUT2D eigenvalue weighted by Crippen LogP contribution is 2.30. The van der Waals surface area contributed by atoms with Gasteiger partial charge in [-0.3, -0.25) is 0 Å². The predicted molar refractivity (Wildman–Crippen MR) is 55.7 cm³/mol. The van der Waals surface area contributed by atoms with E-state index in [9.17, 15) is 13.2 Å². The largest absolute Gasteiger partial charge is 0.453 e. The van der Waals surface area contributed by atoms with Crippen molar-refractivity contribution in [3.63, 3.8) is 0 Å². The van der Waals surface area contributed by atoms with Crippen molar-refractivity contribution >= 4 is 16.3 Å². The molecule has 0 fully saturated rings. The number of rotatable bonds is 2. The third-order valence-corrected chi connectivity index (χ3v) is 3.54. The highest BCUT2D eigenvalue weighted by molar-refractivity contribution is 7.16. The summed E-state index contributed by atoms with van der Waals surface area (Å²) in [4.78, 5) is 0.125. The molecule has 0 aliphatic rings. The normalized spacial score (nSPS) is 16.4. The number of nitrogens with two attached hydrogens (primary N) is 1. The van der Waals surface area contributed by atoms with Gasteiger partial charge in [-0.15, -0.1) is 10.2 Å². The molecule has 2 N–H and O–H groups in total. The van der Waals surface area contributed by atoms with Crippen LogP contribution in [0.4, 0.5) is 13.2 Å². The highest BCUT2D eigenvalue weighted by Gasteiger charge is 2.38. The molecule has 0 saturated carbocycles. The van der Waals surface area contributed by atoms with Crippen LogP contribution in [0.2, 0.25) is 0 Å². The van der Waals surface area contributed by atoms with Crippen LogP contribution in [0.25, 0.3) is 4.96 Å². The van der Waals surface area contributed by atoms with Gasteiger partial charge < -0.3 is 5.73 Å². The summed E-state index contributed by atoms with van der Waals surface area (Å²) in [5.41, 5.74) is 5.68. The summed E-state index contributed by atoms with van der Waals surface area (Å²) >= 11 is 1.07. The molecule has 94 valence electrons. The Hall–Kier alpha value is -1.22. The van der Waals surface area contributed by atoms with Gasteiger partial charge in [0.1, 0.15) is 5.01 Å². The van der Waals surface area contributed by atoms with Crippen molar-refractivity contribution < 1.29 is 13.2 Å². The molecule has 0 spiro atoms. The van der Waals surface area contributed by atoms with Crippen LogP contribution in [0.5, 0.6) is 0 Å². The molecule has 2 heterocycles. The van der Waals surface area contributed by atoms with Crippen molar-refractivity contribution in [2.24, 2.45) is 5.73 Å². The molecule has 0 radical (unpaired) electrons. The molecule has 5 nitrogen and oxygen atoms in total. The molecule has 0 saturated heterocycles. The zero-order valence-corrected chi connectivity index (χ0v) is 9.88. The first-order chi connectivity index (χ1) is 7.80. The molecule has 0 aliphatic heterocycles. The summed E-state index contributed by atoms with van der Waals surface area (Å²) in [5, 5.41) is 10.9. The Morgan fingerprint density at radius 2 is 1.94 bits per heavy atom. The van der Waals surface area contributed by atoms with Crippen LogP contribution in [-0.4, -0.2) is 25.9 Å². The molecule has 2 atom stereocenters. The molecular weight excluding hydrogens is 255 g/mol. The number of hydrogen-bond acceptors (Lipinski definition) is 5. The van der Waals surface area contributed by atoms with Crippen LogP contribution in [0.1, 0.15) is 30.6 Å². The first kappa shape index (κ1) is 12.2. The average Bonchev–Trinajstić information content (AvgIpc) is 2.71. The number of hydrogen-bond donors (Lipinski definition) is 1. The molecular formula is C8H10F3N5S. The quantitative estimate of drug-likeness (QED) is 0.896. The standard InChI is InChI=1S/C8H10F3N5S/c1-3(4(2)12)5-15-16-6(8(9,10)11)13-14-7(16)17-5/h3-4H,12H2,1-2H3. The van der Waals surface area contributed by atoms with E-state index in [2.05, 4.69) is 15.3 Å². The molecule has 17 heavy (non-hydrogen) atoms. The second kappa shape index (κ2) is 3.91. The fourth-order valence-electron chi connectivity index (χ4n) is 1.22. The average molecular weight is 265 g/mol. The topological polar surface area (TPSA) is 69.1 Å². The summed E-state index contributed by atoms with van der Waals surface area (Å²) in [6.45, 7) is 3.58. The lowest BCUT2D eigenvalue weighted by Crippen LogP contribution is -2.22. The fraction of sp³-hybridized carbons (Fsp3) is 0.625. The lowest BCUT2D eigenvalue weighted by Gasteiger charge is -2.10. The second-order valence-electron chi connectivity index (χ2n) is 3.80. The van der Waals surface area contributed by atoms with Crippen molar-refractivity contribution in [1.82, 2.24) is 19.8 Å². The zero-order valence-electron chi connectivity index (χ0n) is 9.06. The highest BCUT2D eigenvalue weighted by atomic mass is 32.1. The molecule has 2 rings (SSSR count). The number of halogens is 3. The van der Waals surface area contributed by atoms with Gasteiger partial charge in [0, 0.05) is 12.0 Å². The molecule has 0 aromatic carbocycles. The van der Waals surface area contributed by atoms with E-state index in [0.717, 1.165) is 15.9 Å². The van der Waals surface area contributed by atoms with Gasteiger partial charge in [0.25, 0.3) is 5.82 Å². The molecule has 9 heteroatoms. The van der Waals surface area contributed by atoms with E-state index < -0.39 is 12.0 Å². The number of fused-ring (bicyclic) bond motifs is 1. The third-order valence-electron chi connectivity index (χ3n) is 2.44. The Morgan fingerprint density at radius 3 is 2.47 bits per heavy atom. The van der Waals surface area contributed by atoms with Gasteiger partial charge in [-0.05, 0) is 6.92 Å². The molecule has 0 aliphatic carbocycles. The molecule has 2 aromatic heterocycles. The van der Waals surface area contributed by atoms with Crippen LogP contribution in [0, 0.1) is 0 Å². The molecule has 2 unspecified atom stereocenters. The van der Waals surface area contributed by atoms with Crippen LogP contribution in [0.15, 0.2) is 0 Å². The molecule has 0 amide bonds. The van der Waals surface area contributed by atoms with Gasteiger partial charge in [0.05, 0.1) is 0 Å². The van der Waals surface area contributed by atoms with E-state index in [1.54, 1.807) is 6.92 Å². The number of nitrogens with zero attached hydrogens (tertiary/aromatic N) is 4. The number of alkyl halides is 3. The van der Waals surface area contributed by atoms with Crippen molar-refractivity contribution in [3.05, 3.63) is 10.8 Å². The van der Waals surface area contributed by atoms with E-state index in [1.807, 2.05) is 6.92 Å². The summed E-state index contributed by atoms with van der Waals surface area (Å²) in [5.74, 6) is -1.23. The minimum atomic E-state index is -4.55. The summed E-state index contributed by atoms with van der Waals surface area (Å²) in [7, 11) is 0. The first-order valence-electron chi connectivity index (χ1n) is 4.85. The molecule has 2 aromatic rings. The maximum atomic E-state index is 12.5. The van der Waals surface area contributed by atoms with Crippen LogP contribution >= 0.6 is 11.3 Å². The lowest BCUT2D eigenvalue weighted by atomic mass is 10.1.